The second-order valence-corrected chi connectivity index (χ2v) is 9.50. The third-order valence-electron chi connectivity index (χ3n) is 7.03. The molecule has 0 saturated carbocycles. The number of halogens is 4. The number of piperidine rings is 1. The van der Waals surface area contributed by atoms with Gasteiger partial charge >= 0.3 is 6.03 Å². The predicted octanol–water partition coefficient (Wildman–Crippen LogP) is 6.14. The number of hydrogen-bond acceptors (Lipinski definition) is 2. The molecule has 4 nitrogen and oxygen atoms in total. The molecule has 0 radical (unpaired) electrons. The smallest absolute Gasteiger partial charge is 0.305 e. The van der Waals surface area contributed by atoms with Crippen LogP contribution >= 0.6 is 0 Å². The molecule has 5 rings (SSSR count). The van der Waals surface area contributed by atoms with Gasteiger partial charge in [-0.05, 0) is 74.3 Å². The normalized spacial score (nSPS) is 17.0. The van der Waals surface area contributed by atoms with Gasteiger partial charge < -0.3 is 5.32 Å². The molecule has 2 aliphatic heterocycles. The third-order valence-corrected chi connectivity index (χ3v) is 7.03. The van der Waals surface area contributed by atoms with Crippen molar-refractivity contribution in [2.45, 2.75) is 31.7 Å². The number of likely N-dealkylation sites (tertiary alicyclic amines) is 1. The molecule has 2 aliphatic rings. The fraction of sp³-hybridized carbons (Fsp3) is 0.296. The summed E-state index contributed by atoms with van der Waals surface area (Å²) in [6, 6.07) is 12.1. The Labute approximate surface area is 201 Å². The zero-order valence-electron chi connectivity index (χ0n) is 19.3. The minimum atomic E-state index is -0.835. The molecule has 0 aliphatic carbocycles. The largest absolute Gasteiger partial charge is 0.326 e. The molecule has 0 aromatic heterocycles. The van der Waals surface area contributed by atoms with E-state index >= 15 is 0 Å². The van der Waals surface area contributed by atoms with Gasteiger partial charge in [-0.2, -0.15) is 0 Å². The van der Waals surface area contributed by atoms with E-state index in [-0.39, 0.29) is 11.1 Å². The van der Waals surface area contributed by atoms with Gasteiger partial charge in [0, 0.05) is 36.3 Å². The van der Waals surface area contributed by atoms with E-state index in [9.17, 15) is 22.4 Å². The summed E-state index contributed by atoms with van der Waals surface area (Å²) in [4.78, 5) is 16.9. The molecule has 0 atom stereocenters. The summed E-state index contributed by atoms with van der Waals surface area (Å²) in [5, 5.41) is 2.57. The molecule has 1 N–H and O–H groups in total. The highest BCUT2D eigenvalue weighted by Crippen LogP contribution is 2.47. The van der Waals surface area contributed by atoms with Gasteiger partial charge in [-0.15, -0.1) is 0 Å². The Bertz CT molecular complexity index is 1270. The van der Waals surface area contributed by atoms with E-state index in [1.165, 1.54) is 18.2 Å². The summed E-state index contributed by atoms with van der Waals surface area (Å²) in [7, 11) is 0. The monoisotopic (exact) mass is 483 g/mol. The summed E-state index contributed by atoms with van der Waals surface area (Å²) >= 11 is 0. The molecule has 1 fully saturated rings. The average molecular weight is 484 g/mol. The van der Waals surface area contributed by atoms with Crippen molar-refractivity contribution < 1.29 is 22.4 Å². The van der Waals surface area contributed by atoms with E-state index in [1.54, 1.807) is 4.90 Å². The number of aryl methyl sites for hydroxylation is 1. The third kappa shape index (κ3) is 4.62. The summed E-state index contributed by atoms with van der Waals surface area (Å²) in [5.74, 6) is -2.73. The molecule has 3 aromatic rings. The molecule has 35 heavy (non-hydrogen) atoms. The summed E-state index contributed by atoms with van der Waals surface area (Å²) < 4.78 is 54.6. The lowest BCUT2D eigenvalue weighted by Crippen LogP contribution is -2.46. The predicted molar refractivity (Wildman–Crippen MR) is 126 cm³/mol. The van der Waals surface area contributed by atoms with Crippen LogP contribution in [-0.4, -0.2) is 30.6 Å². The highest BCUT2D eigenvalue weighted by molar-refractivity contribution is 6.03. The highest BCUT2D eigenvalue weighted by atomic mass is 19.1. The SMILES string of the molecule is Cc1ccc2c(c1)C1(CCN(Cc3cc(F)cc(F)c3)CC1)CN2C(=O)Nc1ccc(F)cc1F. The van der Waals surface area contributed by atoms with Crippen molar-refractivity contribution in [2.75, 3.05) is 29.9 Å². The van der Waals surface area contributed by atoms with Crippen LogP contribution in [0, 0.1) is 30.2 Å². The van der Waals surface area contributed by atoms with Crippen molar-refractivity contribution in [1.29, 1.82) is 0 Å². The maximum atomic E-state index is 14.1. The zero-order chi connectivity index (χ0) is 24.7. The number of amides is 2. The van der Waals surface area contributed by atoms with E-state index < -0.39 is 29.3 Å². The van der Waals surface area contributed by atoms with E-state index in [1.807, 2.05) is 19.1 Å². The molecule has 0 bridgehead atoms. The van der Waals surface area contributed by atoms with Gasteiger partial charge in [0.2, 0.25) is 0 Å². The number of fused-ring (bicyclic) bond motifs is 2. The van der Waals surface area contributed by atoms with Crippen LogP contribution in [0.25, 0.3) is 0 Å². The topological polar surface area (TPSA) is 35.6 Å². The van der Waals surface area contributed by atoms with Gasteiger partial charge in [0.1, 0.15) is 23.3 Å². The van der Waals surface area contributed by atoms with E-state index in [0.717, 1.165) is 47.9 Å². The zero-order valence-corrected chi connectivity index (χ0v) is 19.3. The minimum absolute atomic E-state index is 0.0804. The number of nitrogens with zero attached hydrogens (tertiary/aromatic N) is 2. The Morgan fingerprint density at radius 3 is 2.31 bits per heavy atom. The quantitative estimate of drug-likeness (QED) is 0.455. The van der Waals surface area contributed by atoms with Gasteiger partial charge in [-0.25, -0.2) is 22.4 Å². The van der Waals surface area contributed by atoms with Crippen LogP contribution in [0.4, 0.5) is 33.7 Å². The second-order valence-electron chi connectivity index (χ2n) is 9.50. The fourth-order valence-corrected chi connectivity index (χ4v) is 5.26. The number of rotatable bonds is 3. The van der Waals surface area contributed by atoms with Gasteiger partial charge in [-0.1, -0.05) is 17.7 Å². The number of urea groups is 1. The van der Waals surface area contributed by atoms with Crippen LogP contribution < -0.4 is 10.2 Å². The standard InChI is InChI=1S/C27H25F4N3O/c1-17-2-5-25-22(10-17)27(16-34(25)26(35)32-24-4-3-19(28)14-23(24)31)6-8-33(9-7-27)15-18-11-20(29)13-21(30)12-18/h2-5,10-14H,6-9,15-16H2,1H3,(H,32,35). The van der Waals surface area contributed by atoms with Gasteiger partial charge in [0.15, 0.2) is 0 Å². The number of carbonyl (C=O) groups excluding carboxylic acids is 1. The second kappa shape index (κ2) is 9.00. The summed E-state index contributed by atoms with van der Waals surface area (Å²) in [6.45, 7) is 4.28. The molecule has 1 saturated heterocycles. The number of carbonyl (C=O) groups is 1. The molecule has 3 aromatic carbocycles. The maximum Gasteiger partial charge on any atom is 0.326 e. The van der Waals surface area contributed by atoms with E-state index in [0.29, 0.717) is 31.7 Å². The first kappa shape index (κ1) is 23.4. The fourth-order valence-electron chi connectivity index (χ4n) is 5.26. The molecular weight excluding hydrogens is 458 g/mol. The molecular formula is C27H25F4N3O. The Morgan fingerprint density at radius 1 is 0.914 bits per heavy atom. The molecule has 182 valence electrons. The molecule has 2 heterocycles. The van der Waals surface area contributed by atoms with Crippen molar-refractivity contribution >= 4 is 17.4 Å². The first-order valence-corrected chi connectivity index (χ1v) is 11.5. The van der Waals surface area contributed by atoms with E-state index in [4.69, 9.17) is 0 Å². The van der Waals surface area contributed by atoms with E-state index in [2.05, 4.69) is 16.3 Å². The van der Waals surface area contributed by atoms with Gasteiger partial charge in [-0.3, -0.25) is 9.80 Å². The Hall–Kier alpha value is -3.39. The number of benzene rings is 3. The van der Waals surface area contributed by atoms with Crippen LogP contribution in [0.3, 0.4) is 0 Å². The lowest BCUT2D eigenvalue weighted by molar-refractivity contribution is 0.159. The van der Waals surface area contributed by atoms with Crippen LogP contribution in [0.2, 0.25) is 0 Å². The maximum absolute atomic E-state index is 14.1. The van der Waals surface area contributed by atoms with Crippen molar-refractivity contribution in [3.63, 3.8) is 0 Å². The summed E-state index contributed by atoms with van der Waals surface area (Å²) in [5.41, 5.74) is 3.16. The number of hydrogen-bond donors (Lipinski definition) is 1. The Kier molecular flexibility index (Phi) is 6.01. The average Bonchev–Trinajstić information content (AvgIpc) is 3.10. The van der Waals surface area contributed by atoms with Crippen molar-refractivity contribution in [3.8, 4) is 0 Å². The number of nitrogens with one attached hydrogen (secondary N) is 1. The Balaban J connectivity index is 1.35. The lowest BCUT2D eigenvalue weighted by Gasteiger charge is -2.40. The van der Waals surface area contributed by atoms with Crippen LogP contribution in [0.5, 0.6) is 0 Å². The Morgan fingerprint density at radius 2 is 1.63 bits per heavy atom. The molecule has 0 unspecified atom stereocenters. The first-order chi connectivity index (χ1) is 16.7. The van der Waals surface area contributed by atoms with Crippen molar-refractivity contribution in [1.82, 2.24) is 4.90 Å². The molecule has 8 heteroatoms. The van der Waals surface area contributed by atoms with Crippen LogP contribution in [-0.2, 0) is 12.0 Å². The van der Waals surface area contributed by atoms with Gasteiger partial charge in [0.05, 0.1) is 5.69 Å². The van der Waals surface area contributed by atoms with Gasteiger partial charge in [0.25, 0.3) is 0 Å². The van der Waals surface area contributed by atoms with Crippen LogP contribution in [0.1, 0.15) is 29.5 Å². The minimum Gasteiger partial charge on any atom is -0.305 e. The van der Waals surface area contributed by atoms with Crippen molar-refractivity contribution in [3.05, 3.63) is 94.6 Å². The molecule has 1 spiro atoms. The summed E-state index contributed by atoms with van der Waals surface area (Å²) in [6.07, 6.45) is 1.52. The number of anilines is 2. The van der Waals surface area contributed by atoms with Crippen LogP contribution in [0.15, 0.2) is 54.6 Å². The first-order valence-electron chi connectivity index (χ1n) is 11.5. The molecule has 2 amide bonds. The highest BCUT2D eigenvalue weighted by Gasteiger charge is 2.46. The lowest BCUT2D eigenvalue weighted by atomic mass is 9.74. The van der Waals surface area contributed by atoms with Crippen molar-refractivity contribution in [2.24, 2.45) is 0 Å².